The van der Waals surface area contributed by atoms with Crippen molar-refractivity contribution in [3.05, 3.63) is 56.0 Å². The molecule has 0 atom stereocenters. The Morgan fingerprint density at radius 2 is 2.11 bits per heavy atom. The van der Waals surface area contributed by atoms with Crippen LogP contribution in [0.25, 0.3) is 0 Å². The highest BCUT2D eigenvalue weighted by atomic mass is 127. The Labute approximate surface area is 174 Å². The van der Waals surface area contributed by atoms with Crippen molar-refractivity contribution < 1.29 is 18.1 Å². The number of halogens is 4. The fourth-order valence-electron chi connectivity index (χ4n) is 1.96. The van der Waals surface area contributed by atoms with Gasteiger partial charge in [0.25, 0.3) is 5.69 Å². The highest BCUT2D eigenvalue weighted by molar-refractivity contribution is 14.0. The Morgan fingerprint density at radius 3 is 2.70 bits per heavy atom. The van der Waals surface area contributed by atoms with Crippen molar-refractivity contribution in [2.24, 2.45) is 4.99 Å². The summed E-state index contributed by atoms with van der Waals surface area (Å²) in [6.07, 6.45) is -4.46. The molecule has 0 radical (unpaired) electrons. The highest BCUT2D eigenvalue weighted by Crippen LogP contribution is 2.29. The third kappa shape index (κ3) is 7.28. The molecular weight excluding hydrogens is 498 g/mol. The summed E-state index contributed by atoms with van der Waals surface area (Å²) in [5.41, 5.74) is -0.305. The van der Waals surface area contributed by atoms with Gasteiger partial charge in [0.15, 0.2) is 11.7 Å². The number of non-ortho nitro benzene ring substituents is 1. The molecular formula is C15H17F3IN5O2S. The lowest BCUT2D eigenvalue weighted by Crippen LogP contribution is -2.36. The molecule has 0 saturated carbocycles. The normalized spacial score (nSPS) is 11.6. The lowest BCUT2D eigenvalue weighted by molar-refractivity contribution is -0.384. The monoisotopic (exact) mass is 515 g/mol. The second-order valence-corrected chi connectivity index (χ2v) is 6.04. The number of thiazole rings is 1. The van der Waals surface area contributed by atoms with E-state index >= 15 is 0 Å². The van der Waals surface area contributed by atoms with Gasteiger partial charge >= 0.3 is 6.18 Å². The van der Waals surface area contributed by atoms with Crippen LogP contribution in [0.4, 0.5) is 18.9 Å². The second-order valence-electron chi connectivity index (χ2n) is 5.10. The van der Waals surface area contributed by atoms with E-state index in [4.69, 9.17) is 0 Å². The molecule has 0 aliphatic heterocycles. The molecule has 0 fully saturated rings. The number of nitro benzene ring substituents is 1. The maximum absolute atomic E-state index is 12.6. The molecule has 2 aromatic rings. The Balaban J connectivity index is 0.00000364. The van der Waals surface area contributed by atoms with Gasteiger partial charge in [0.1, 0.15) is 5.01 Å². The summed E-state index contributed by atoms with van der Waals surface area (Å²) in [5, 5.41) is 17.9. The predicted molar refractivity (Wildman–Crippen MR) is 107 cm³/mol. The van der Waals surface area contributed by atoms with Gasteiger partial charge in [0.05, 0.1) is 18.0 Å². The first-order valence-corrected chi connectivity index (χ1v) is 8.44. The zero-order chi connectivity index (χ0) is 19.2. The minimum absolute atomic E-state index is 0. The number of rotatable bonds is 6. The maximum Gasteiger partial charge on any atom is 0.434 e. The van der Waals surface area contributed by atoms with Crippen molar-refractivity contribution >= 4 is 47.0 Å². The van der Waals surface area contributed by atoms with Gasteiger partial charge in [-0.05, 0) is 12.5 Å². The molecule has 0 bridgehead atoms. The van der Waals surface area contributed by atoms with Crippen LogP contribution in [0.2, 0.25) is 0 Å². The zero-order valence-electron chi connectivity index (χ0n) is 14.1. The van der Waals surface area contributed by atoms with E-state index in [1.807, 2.05) is 6.92 Å². The van der Waals surface area contributed by atoms with Crippen molar-refractivity contribution in [1.82, 2.24) is 15.6 Å². The lowest BCUT2D eigenvalue weighted by atomic mass is 10.2. The Morgan fingerprint density at radius 1 is 1.37 bits per heavy atom. The molecule has 0 unspecified atom stereocenters. The Kier molecular flexibility index (Phi) is 8.88. The minimum Gasteiger partial charge on any atom is -0.357 e. The molecule has 1 aromatic heterocycles. The first-order valence-electron chi connectivity index (χ1n) is 7.56. The fourth-order valence-corrected chi connectivity index (χ4v) is 2.70. The van der Waals surface area contributed by atoms with Gasteiger partial charge in [0.2, 0.25) is 0 Å². The number of hydrogen-bond acceptors (Lipinski definition) is 5. The molecule has 7 nitrogen and oxygen atoms in total. The van der Waals surface area contributed by atoms with Gasteiger partial charge in [-0.25, -0.2) is 9.98 Å². The molecule has 2 rings (SSSR count). The average Bonchev–Trinajstić information content (AvgIpc) is 3.07. The van der Waals surface area contributed by atoms with Crippen LogP contribution in [-0.2, 0) is 19.3 Å². The van der Waals surface area contributed by atoms with Crippen molar-refractivity contribution in [2.75, 3.05) is 6.54 Å². The molecule has 2 N–H and O–H groups in total. The van der Waals surface area contributed by atoms with Crippen molar-refractivity contribution in [1.29, 1.82) is 0 Å². The molecule has 27 heavy (non-hydrogen) atoms. The van der Waals surface area contributed by atoms with Gasteiger partial charge in [-0.1, -0.05) is 12.1 Å². The van der Waals surface area contributed by atoms with Crippen molar-refractivity contribution in [2.45, 2.75) is 26.2 Å². The molecule has 0 aliphatic carbocycles. The van der Waals surface area contributed by atoms with Crippen LogP contribution in [-0.4, -0.2) is 22.4 Å². The topological polar surface area (TPSA) is 92.5 Å². The van der Waals surface area contributed by atoms with E-state index in [0.29, 0.717) is 18.1 Å². The van der Waals surface area contributed by atoms with Crippen LogP contribution < -0.4 is 10.6 Å². The number of aromatic nitrogens is 1. The number of aliphatic imine (C=N–C) groups is 1. The van der Waals surface area contributed by atoms with Crippen molar-refractivity contribution in [3.63, 3.8) is 0 Å². The van der Waals surface area contributed by atoms with Gasteiger partial charge in [0, 0.05) is 24.1 Å². The summed E-state index contributed by atoms with van der Waals surface area (Å²) in [7, 11) is 0. The molecule has 1 heterocycles. The molecule has 0 aliphatic rings. The van der Waals surface area contributed by atoms with E-state index in [2.05, 4.69) is 20.6 Å². The van der Waals surface area contributed by atoms with Crippen LogP contribution in [0.3, 0.4) is 0 Å². The second kappa shape index (κ2) is 10.4. The van der Waals surface area contributed by atoms with Crippen LogP contribution in [0.15, 0.2) is 34.6 Å². The van der Waals surface area contributed by atoms with E-state index in [0.717, 1.165) is 16.7 Å². The number of alkyl halides is 3. The number of hydrogen-bond donors (Lipinski definition) is 2. The predicted octanol–water partition coefficient (Wildman–Crippen LogP) is 3.94. The fraction of sp³-hybridized carbons (Fsp3) is 0.333. The smallest absolute Gasteiger partial charge is 0.357 e. The quantitative estimate of drug-likeness (QED) is 0.200. The summed E-state index contributed by atoms with van der Waals surface area (Å²) in [6.45, 7) is 2.66. The zero-order valence-corrected chi connectivity index (χ0v) is 17.3. The van der Waals surface area contributed by atoms with Crippen LogP contribution in [0, 0.1) is 10.1 Å². The summed E-state index contributed by atoms with van der Waals surface area (Å²) in [6, 6.07) is 6.08. The molecule has 148 valence electrons. The van der Waals surface area contributed by atoms with Crippen LogP contribution in [0.5, 0.6) is 0 Å². The first-order chi connectivity index (χ1) is 12.3. The summed E-state index contributed by atoms with van der Waals surface area (Å²) in [5.74, 6) is 0.378. The number of nitrogens with zero attached hydrogens (tertiary/aromatic N) is 3. The third-order valence-electron chi connectivity index (χ3n) is 3.13. The third-order valence-corrected chi connectivity index (χ3v) is 3.98. The summed E-state index contributed by atoms with van der Waals surface area (Å²) >= 11 is 0.905. The van der Waals surface area contributed by atoms with E-state index < -0.39 is 16.8 Å². The molecule has 0 saturated heterocycles. The van der Waals surface area contributed by atoms with E-state index in [9.17, 15) is 23.3 Å². The average molecular weight is 515 g/mol. The van der Waals surface area contributed by atoms with Gasteiger partial charge in [-0.15, -0.1) is 35.3 Å². The largest absolute Gasteiger partial charge is 0.434 e. The van der Waals surface area contributed by atoms with Crippen molar-refractivity contribution in [3.8, 4) is 0 Å². The van der Waals surface area contributed by atoms with E-state index in [1.54, 1.807) is 12.1 Å². The number of nitrogens with one attached hydrogen (secondary N) is 2. The van der Waals surface area contributed by atoms with Gasteiger partial charge in [-0.2, -0.15) is 13.2 Å². The molecule has 0 amide bonds. The van der Waals surface area contributed by atoms with Gasteiger partial charge < -0.3 is 10.6 Å². The minimum atomic E-state index is -4.46. The molecule has 0 spiro atoms. The van der Waals surface area contributed by atoms with E-state index in [1.165, 1.54) is 12.1 Å². The Bertz CT molecular complexity index is 798. The number of benzene rings is 1. The first kappa shape index (κ1) is 23.1. The van der Waals surface area contributed by atoms with Crippen LogP contribution in [0.1, 0.15) is 23.2 Å². The SMILES string of the molecule is CCNC(=NCc1cccc([N+](=O)[O-])c1)NCc1nc(C(F)(F)F)cs1.I. The number of nitro groups is 1. The molecule has 12 heteroatoms. The standard InChI is InChI=1S/C15H16F3N5O2S.HI/c1-2-19-14(20-7-10-4-3-5-11(6-10)23(24)25)21-8-13-22-12(9-26-13)15(16,17)18;/h3-6,9H,2,7-8H2,1H3,(H2,19,20,21);1H. The van der Waals surface area contributed by atoms with Gasteiger partial charge in [-0.3, -0.25) is 10.1 Å². The van der Waals surface area contributed by atoms with Crippen LogP contribution >= 0.6 is 35.3 Å². The van der Waals surface area contributed by atoms with E-state index in [-0.39, 0.29) is 47.8 Å². The molecule has 1 aromatic carbocycles. The highest BCUT2D eigenvalue weighted by Gasteiger charge is 2.33. The summed E-state index contributed by atoms with van der Waals surface area (Å²) in [4.78, 5) is 18.1. The summed E-state index contributed by atoms with van der Waals surface area (Å²) < 4.78 is 37.7. The number of guanidine groups is 1. The maximum atomic E-state index is 12.6. The lowest BCUT2D eigenvalue weighted by Gasteiger charge is -2.10. The Hall–Kier alpha value is -1.96.